The van der Waals surface area contributed by atoms with Crippen molar-refractivity contribution in [3.63, 3.8) is 0 Å². The van der Waals surface area contributed by atoms with Crippen LogP contribution < -0.4 is 9.47 Å². The van der Waals surface area contributed by atoms with E-state index in [1.807, 2.05) is 78.9 Å². The highest BCUT2D eigenvalue weighted by Gasteiger charge is 2.41. The van der Waals surface area contributed by atoms with Crippen LogP contribution in [0.15, 0.2) is 78.9 Å². The number of hydrogen-bond acceptors (Lipinski definition) is 6. The number of aliphatic hydroxyl groups is 1. The number of β-amino-alcohol motifs (C(OH)–C–C–N with tert-alkyl or cyclic N) is 1. The Labute approximate surface area is 249 Å². The first kappa shape index (κ1) is 31.3. The van der Waals surface area contributed by atoms with Gasteiger partial charge in [0.15, 0.2) is 0 Å². The van der Waals surface area contributed by atoms with Crippen molar-refractivity contribution in [3.05, 3.63) is 95.6 Å². The normalized spacial score (nSPS) is 16.8. The summed E-state index contributed by atoms with van der Waals surface area (Å²) in [6.07, 6.45) is 4.35. The topological polar surface area (TPSA) is 85.3 Å². The molecule has 4 rings (SSSR count). The van der Waals surface area contributed by atoms with E-state index in [9.17, 15) is 14.7 Å². The summed E-state index contributed by atoms with van der Waals surface area (Å²) in [5.41, 5.74) is 1.80. The van der Waals surface area contributed by atoms with Crippen LogP contribution in [-0.4, -0.2) is 61.2 Å². The minimum absolute atomic E-state index is 0.0333. The number of likely N-dealkylation sites (tertiary alicyclic amines) is 1. The highest BCUT2D eigenvalue weighted by Crippen LogP contribution is 2.42. The predicted molar refractivity (Wildman–Crippen MR) is 163 cm³/mol. The van der Waals surface area contributed by atoms with E-state index >= 15 is 0 Å². The van der Waals surface area contributed by atoms with E-state index < -0.39 is 11.7 Å². The van der Waals surface area contributed by atoms with Gasteiger partial charge in [-0.05, 0) is 67.1 Å². The maximum Gasteiger partial charge on any atom is 0.222 e. The van der Waals surface area contributed by atoms with Gasteiger partial charge in [-0.15, -0.1) is 0 Å². The second-order valence-electron chi connectivity index (χ2n) is 11.0. The van der Waals surface area contributed by atoms with Crippen molar-refractivity contribution in [1.82, 2.24) is 4.90 Å². The maximum absolute atomic E-state index is 13.3. The van der Waals surface area contributed by atoms with Crippen molar-refractivity contribution in [1.29, 1.82) is 0 Å². The first-order chi connectivity index (χ1) is 20.4. The van der Waals surface area contributed by atoms with Gasteiger partial charge in [-0.25, -0.2) is 0 Å². The number of carbonyl (C=O) groups excluding carboxylic acids is 2. The van der Waals surface area contributed by atoms with E-state index in [4.69, 9.17) is 14.2 Å². The van der Waals surface area contributed by atoms with Gasteiger partial charge in [-0.1, -0.05) is 67.4 Å². The molecule has 1 aliphatic heterocycles. The molecule has 1 aliphatic rings. The summed E-state index contributed by atoms with van der Waals surface area (Å²) in [6.45, 7) is 2.16. The summed E-state index contributed by atoms with van der Waals surface area (Å²) in [5, 5.41) is 10.6. The number of carbonyl (C=O) groups is 2. The summed E-state index contributed by atoms with van der Waals surface area (Å²) in [5.74, 6) is 1.72. The molecule has 0 bridgehead atoms. The van der Waals surface area contributed by atoms with Gasteiger partial charge in [0.1, 0.15) is 22.9 Å². The molecule has 3 aromatic rings. The molecule has 42 heavy (non-hydrogen) atoms. The minimum Gasteiger partial charge on any atom is -0.497 e. The van der Waals surface area contributed by atoms with Gasteiger partial charge in [-0.2, -0.15) is 0 Å². The van der Waals surface area contributed by atoms with Crippen LogP contribution in [0.25, 0.3) is 0 Å². The van der Waals surface area contributed by atoms with Crippen LogP contribution in [0.3, 0.4) is 0 Å². The zero-order chi connectivity index (χ0) is 30.0. The van der Waals surface area contributed by atoms with Crippen molar-refractivity contribution in [2.45, 2.75) is 69.6 Å². The highest BCUT2D eigenvalue weighted by atomic mass is 16.5. The minimum atomic E-state index is -0.987. The molecule has 0 aromatic heterocycles. The number of methoxy groups -OCH3 is 2. The van der Waals surface area contributed by atoms with Crippen molar-refractivity contribution < 1.29 is 28.9 Å². The van der Waals surface area contributed by atoms with Gasteiger partial charge in [0.2, 0.25) is 5.91 Å². The van der Waals surface area contributed by atoms with Crippen molar-refractivity contribution in [2.24, 2.45) is 0 Å². The number of aliphatic hydroxyl groups excluding tert-OH is 1. The first-order valence-corrected chi connectivity index (χ1v) is 14.8. The predicted octanol–water partition coefficient (Wildman–Crippen LogP) is 5.90. The van der Waals surface area contributed by atoms with Crippen molar-refractivity contribution in [3.8, 4) is 11.5 Å². The Morgan fingerprint density at radius 2 is 1.31 bits per heavy atom. The van der Waals surface area contributed by atoms with E-state index in [0.717, 1.165) is 53.9 Å². The number of ether oxygens (including phenoxy) is 3. The van der Waals surface area contributed by atoms with Gasteiger partial charge in [0, 0.05) is 19.4 Å². The van der Waals surface area contributed by atoms with Gasteiger partial charge < -0.3 is 29.0 Å². The fraction of sp³-hybridized carbons (Fsp3) is 0.429. The lowest BCUT2D eigenvalue weighted by Gasteiger charge is -2.38. The number of rotatable bonds is 15. The van der Waals surface area contributed by atoms with Crippen LogP contribution in [0.4, 0.5) is 0 Å². The SMILES string of the molecule is COc1ccc(C(OC[C@@H]2C[C@@H](O)CN2C(=O)CCCCCCC(C)=O)(c2ccccc2)c2ccc(OC)cc2)cc1. The molecule has 3 aromatic carbocycles. The monoisotopic (exact) mass is 573 g/mol. The molecular formula is C35H43NO6. The van der Waals surface area contributed by atoms with Crippen molar-refractivity contribution in [2.75, 3.05) is 27.4 Å². The number of unbranched alkanes of at least 4 members (excludes halogenated alkanes) is 3. The second-order valence-corrected chi connectivity index (χ2v) is 11.0. The zero-order valence-corrected chi connectivity index (χ0v) is 25.0. The Balaban J connectivity index is 1.60. The lowest BCUT2D eigenvalue weighted by Crippen LogP contribution is -2.42. The largest absolute Gasteiger partial charge is 0.497 e. The molecule has 7 heteroatoms. The fourth-order valence-electron chi connectivity index (χ4n) is 5.80. The highest BCUT2D eigenvalue weighted by molar-refractivity contribution is 5.77. The lowest BCUT2D eigenvalue weighted by molar-refractivity contribution is -0.134. The third-order valence-electron chi connectivity index (χ3n) is 8.05. The molecular weight excluding hydrogens is 530 g/mol. The Morgan fingerprint density at radius 3 is 1.83 bits per heavy atom. The van der Waals surface area contributed by atoms with Crippen LogP contribution in [0.2, 0.25) is 0 Å². The standard InChI is InChI=1S/C35H43NO6/c1-26(37)11-7-4-5-10-14-34(39)36-24-31(38)23-30(36)25-42-35(27-12-8-6-9-13-27,28-15-19-32(40-2)20-16-28)29-17-21-33(41-3)22-18-29/h6,8-9,12-13,15-22,30-31,38H,4-5,7,10-11,14,23-25H2,1-3H3/t30-,31+/m0/s1. The fourth-order valence-corrected chi connectivity index (χ4v) is 5.80. The molecule has 1 saturated heterocycles. The summed E-state index contributed by atoms with van der Waals surface area (Å²) < 4.78 is 17.9. The number of hydrogen-bond donors (Lipinski definition) is 1. The number of nitrogens with zero attached hydrogens (tertiary/aromatic N) is 1. The number of ketones is 1. The summed E-state index contributed by atoms with van der Waals surface area (Å²) in [4.78, 5) is 26.3. The lowest BCUT2D eigenvalue weighted by atomic mass is 9.80. The Bertz CT molecular complexity index is 1230. The smallest absolute Gasteiger partial charge is 0.222 e. The van der Waals surface area contributed by atoms with Gasteiger partial charge in [0.05, 0.1) is 33.0 Å². The van der Waals surface area contributed by atoms with E-state index in [1.54, 1.807) is 26.0 Å². The zero-order valence-electron chi connectivity index (χ0n) is 25.0. The molecule has 1 N–H and O–H groups in total. The van der Waals surface area contributed by atoms with Gasteiger partial charge >= 0.3 is 0 Å². The van der Waals surface area contributed by atoms with Gasteiger partial charge in [-0.3, -0.25) is 4.79 Å². The van der Waals surface area contributed by atoms with E-state index in [1.165, 1.54) is 0 Å². The van der Waals surface area contributed by atoms with Crippen molar-refractivity contribution >= 4 is 11.7 Å². The van der Waals surface area contributed by atoms with Crippen LogP contribution in [0, 0.1) is 0 Å². The molecule has 224 valence electrons. The summed E-state index contributed by atoms with van der Waals surface area (Å²) in [7, 11) is 3.28. The molecule has 1 fully saturated rings. The average molecular weight is 574 g/mol. The molecule has 2 atom stereocenters. The van der Waals surface area contributed by atoms with Crippen LogP contribution in [0.5, 0.6) is 11.5 Å². The average Bonchev–Trinajstić information content (AvgIpc) is 3.40. The third-order valence-corrected chi connectivity index (χ3v) is 8.05. The van der Waals surface area contributed by atoms with Crippen LogP contribution in [-0.2, 0) is 19.9 Å². The molecule has 0 aliphatic carbocycles. The summed E-state index contributed by atoms with van der Waals surface area (Å²) >= 11 is 0. The number of amides is 1. The van der Waals surface area contributed by atoms with Gasteiger partial charge in [0.25, 0.3) is 0 Å². The quantitative estimate of drug-likeness (QED) is 0.180. The number of Topliss-reactive ketones (excluding diaryl/α,β-unsaturated/α-hetero) is 1. The Hall–Kier alpha value is -3.68. The molecule has 0 spiro atoms. The van der Waals surface area contributed by atoms with E-state index in [2.05, 4.69) is 0 Å². The Morgan fingerprint density at radius 1 is 0.786 bits per heavy atom. The van der Waals surface area contributed by atoms with E-state index in [0.29, 0.717) is 25.8 Å². The third kappa shape index (κ3) is 7.58. The van der Waals surface area contributed by atoms with Crippen LogP contribution >= 0.6 is 0 Å². The first-order valence-electron chi connectivity index (χ1n) is 14.8. The summed E-state index contributed by atoms with van der Waals surface area (Å²) in [6, 6.07) is 25.5. The van der Waals surface area contributed by atoms with Crippen LogP contribution in [0.1, 0.15) is 68.6 Å². The maximum atomic E-state index is 13.3. The molecule has 1 amide bonds. The molecule has 0 unspecified atom stereocenters. The number of benzene rings is 3. The van der Waals surface area contributed by atoms with E-state index in [-0.39, 0.29) is 24.3 Å². The molecule has 1 heterocycles. The Kier molecular flexibility index (Phi) is 11.2. The molecule has 0 saturated carbocycles. The molecule has 7 nitrogen and oxygen atoms in total. The molecule has 0 radical (unpaired) electrons. The second kappa shape index (κ2) is 15.0.